The standard InChI is InChI=1S/C14H21NO2/c1-4-6-11(5-2)15-13-9-10(3)7-8-12(13)14(16)17/h7-9,11,15H,4-6H2,1-3H3,(H,16,17). The Morgan fingerprint density at radius 3 is 2.65 bits per heavy atom. The Balaban J connectivity index is 2.94. The maximum atomic E-state index is 11.1. The first-order valence-electron chi connectivity index (χ1n) is 6.19. The molecule has 1 atom stereocenters. The van der Waals surface area contributed by atoms with Crippen LogP contribution in [0.1, 0.15) is 49.0 Å². The van der Waals surface area contributed by atoms with Gasteiger partial charge in [-0.1, -0.05) is 26.3 Å². The van der Waals surface area contributed by atoms with Crippen LogP contribution in [0.2, 0.25) is 0 Å². The van der Waals surface area contributed by atoms with Gasteiger partial charge in [0.2, 0.25) is 0 Å². The number of aromatic carboxylic acids is 1. The van der Waals surface area contributed by atoms with E-state index in [4.69, 9.17) is 5.11 Å². The van der Waals surface area contributed by atoms with Gasteiger partial charge < -0.3 is 10.4 Å². The zero-order valence-electron chi connectivity index (χ0n) is 10.8. The largest absolute Gasteiger partial charge is 0.478 e. The molecule has 1 aromatic carbocycles. The minimum Gasteiger partial charge on any atom is -0.478 e. The van der Waals surface area contributed by atoms with Crippen LogP contribution in [0, 0.1) is 6.92 Å². The second kappa shape index (κ2) is 6.28. The van der Waals surface area contributed by atoms with Crippen LogP contribution >= 0.6 is 0 Å². The van der Waals surface area contributed by atoms with Crippen molar-refractivity contribution in [2.24, 2.45) is 0 Å². The molecule has 0 aliphatic carbocycles. The van der Waals surface area contributed by atoms with Gasteiger partial charge in [-0.15, -0.1) is 0 Å². The quantitative estimate of drug-likeness (QED) is 0.790. The van der Waals surface area contributed by atoms with Crippen LogP contribution in [0.3, 0.4) is 0 Å². The number of hydrogen-bond donors (Lipinski definition) is 2. The van der Waals surface area contributed by atoms with E-state index in [-0.39, 0.29) is 0 Å². The molecule has 0 heterocycles. The minimum absolute atomic E-state index is 0.347. The Hall–Kier alpha value is -1.51. The molecule has 0 aliphatic heterocycles. The Morgan fingerprint density at radius 1 is 1.41 bits per heavy atom. The van der Waals surface area contributed by atoms with Gasteiger partial charge in [0.1, 0.15) is 0 Å². The molecule has 1 unspecified atom stereocenters. The lowest BCUT2D eigenvalue weighted by atomic mass is 10.1. The van der Waals surface area contributed by atoms with E-state index in [9.17, 15) is 4.79 Å². The molecule has 0 bridgehead atoms. The maximum absolute atomic E-state index is 11.1. The number of aryl methyl sites for hydroxylation is 1. The molecule has 0 saturated heterocycles. The summed E-state index contributed by atoms with van der Waals surface area (Å²) >= 11 is 0. The van der Waals surface area contributed by atoms with Crippen molar-refractivity contribution < 1.29 is 9.90 Å². The Bertz CT molecular complexity index is 388. The number of carboxylic acids is 1. The van der Waals surface area contributed by atoms with E-state index < -0.39 is 5.97 Å². The number of anilines is 1. The number of carboxylic acid groups (broad SMARTS) is 1. The Labute approximate surface area is 103 Å². The average molecular weight is 235 g/mol. The van der Waals surface area contributed by atoms with E-state index in [1.807, 2.05) is 19.1 Å². The SMILES string of the molecule is CCCC(CC)Nc1cc(C)ccc1C(=O)O. The molecule has 3 heteroatoms. The number of benzene rings is 1. The summed E-state index contributed by atoms with van der Waals surface area (Å²) in [7, 11) is 0. The van der Waals surface area contributed by atoms with Crippen molar-refractivity contribution >= 4 is 11.7 Å². The molecular formula is C14H21NO2. The van der Waals surface area contributed by atoms with Crippen LogP contribution in [0.4, 0.5) is 5.69 Å². The monoisotopic (exact) mass is 235 g/mol. The highest BCUT2D eigenvalue weighted by Gasteiger charge is 2.12. The molecule has 2 N–H and O–H groups in total. The van der Waals surface area contributed by atoms with Crippen molar-refractivity contribution in [2.75, 3.05) is 5.32 Å². The highest BCUT2D eigenvalue weighted by molar-refractivity contribution is 5.94. The molecule has 0 radical (unpaired) electrons. The lowest BCUT2D eigenvalue weighted by molar-refractivity contribution is 0.0698. The topological polar surface area (TPSA) is 49.3 Å². The molecule has 17 heavy (non-hydrogen) atoms. The third-order valence-electron chi connectivity index (χ3n) is 2.90. The summed E-state index contributed by atoms with van der Waals surface area (Å²) in [6.45, 7) is 6.22. The zero-order chi connectivity index (χ0) is 12.8. The lowest BCUT2D eigenvalue weighted by Gasteiger charge is -2.19. The van der Waals surface area contributed by atoms with Crippen LogP contribution < -0.4 is 5.32 Å². The molecular weight excluding hydrogens is 214 g/mol. The predicted molar refractivity (Wildman–Crippen MR) is 70.7 cm³/mol. The van der Waals surface area contributed by atoms with Gasteiger partial charge in [0.15, 0.2) is 0 Å². The van der Waals surface area contributed by atoms with Crippen LogP contribution in [0.15, 0.2) is 18.2 Å². The number of rotatable bonds is 6. The fraction of sp³-hybridized carbons (Fsp3) is 0.500. The first kappa shape index (κ1) is 13.6. The van der Waals surface area contributed by atoms with Gasteiger partial charge in [-0.3, -0.25) is 0 Å². The van der Waals surface area contributed by atoms with Gasteiger partial charge in [0.05, 0.1) is 5.56 Å². The van der Waals surface area contributed by atoms with E-state index in [0.717, 1.165) is 30.5 Å². The Kier molecular flexibility index (Phi) is 5.01. The normalized spacial score (nSPS) is 12.2. The Morgan fingerprint density at radius 2 is 2.12 bits per heavy atom. The summed E-state index contributed by atoms with van der Waals surface area (Å²) in [5.74, 6) is -0.876. The van der Waals surface area contributed by atoms with Gasteiger partial charge in [-0.2, -0.15) is 0 Å². The molecule has 94 valence electrons. The fourth-order valence-corrected chi connectivity index (χ4v) is 1.91. The van der Waals surface area contributed by atoms with Crippen molar-refractivity contribution in [2.45, 2.75) is 46.1 Å². The lowest BCUT2D eigenvalue weighted by Crippen LogP contribution is -2.20. The smallest absolute Gasteiger partial charge is 0.337 e. The van der Waals surface area contributed by atoms with Gasteiger partial charge in [-0.05, 0) is 37.5 Å². The van der Waals surface area contributed by atoms with Crippen molar-refractivity contribution in [1.29, 1.82) is 0 Å². The maximum Gasteiger partial charge on any atom is 0.337 e. The summed E-state index contributed by atoms with van der Waals surface area (Å²) in [6.07, 6.45) is 3.16. The second-order valence-electron chi connectivity index (χ2n) is 4.39. The summed E-state index contributed by atoms with van der Waals surface area (Å²) in [6, 6.07) is 5.75. The molecule has 0 fully saturated rings. The molecule has 0 saturated carbocycles. The highest BCUT2D eigenvalue weighted by Crippen LogP contribution is 2.20. The van der Waals surface area contributed by atoms with Crippen LogP contribution in [0.25, 0.3) is 0 Å². The van der Waals surface area contributed by atoms with Crippen LogP contribution in [-0.2, 0) is 0 Å². The van der Waals surface area contributed by atoms with E-state index in [2.05, 4.69) is 19.2 Å². The van der Waals surface area contributed by atoms with Crippen LogP contribution in [-0.4, -0.2) is 17.1 Å². The molecule has 1 aromatic rings. The average Bonchev–Trinajstić information content (AvgIpc) is 2.28. The molecule has 3 nitrogen and oxygen atoms in total. The summed E-state index contributed by atoms with van der Waals surface area (Å²) in [4.78, 5) is 11.1. The van der Waals surface area contributed by atoms with E-state index in [0.29, 0.717) is 11.6 Å². The molecule has 0 aliphatic rings. The first-order valence-corrected chi connectivity index (χ1v) is 6.19. The van der Waals surface area contributed by atoms with E-state index in [1.54, 1.807) is 6.07 Å². The third kappa shape index (κ3) is 3.77. The highest BCUT2D eigenvalue weighted by atomic mass is 16.4. The number of carbonyl (C=O) groups is 1. The van der Waals surface area contributed by atoms with E-state index in [1.165, 1.54) is 0 Å². The van der Waals surface area contributed by atoms with Gasteiger partial charge >= 0.3 is 5.97 Å². The second-order valence-corrected chi connectivity index (χ2v) is 4.39. The van der Waals surface area contributed by atoms with Gasteiger partial charge in [0, 0.05) is 11.7 Å². The van der Waals surface area contributed by atoms with E-state index >= 15 is 0 Å². The van der Waals surface area contributed by atoms with Crippen molar-refractivity contribution in [3.63, 3.8) is 0 Å². The molecule has 0 amide bonds. The van der Waals surface area contributed by atoms with Crippen molar-refractivity contribution in [3.8, 4) is 0 Å². The third-order valence-corrected chi connectivity index (χ3v) is 2.90. The summed E-state index contributed by atoms with van der Waals surface area (Å²) in [5, 5.41) is 12.5. The predicted octanol–water partition coefficient (Wildman–Crippen LogP) is 3.68. The number of hydrogen-bond acceptors (Lipinski definition) is 2. The fourth-order valence-electron chi connectivity index (χ4n) is 1.91. The molecule has 0 spiro atoms. The summed E-state index contributed by atoms with van der Waals surface area (Å²) in [5.41, 5.74) is 2.16. The molecule has 0 aromatic heterocycles. The zero-order valence-corrected chi connectivity index (χ0v) is 10.8. The van der Waals surface area contributed by atoms with Crippen LogP contribution in [0.5, 0.6) is 0 Å². The first-order chi connectivity index (χ1) is 8.08. The number of nitrogens with one attached hydrogen (secondary N) is 1. The van der Waals surface area contributed by atoms with Crippen molar-refractivity contribution in [3.05, 3.63) is 29.3 Å². The minimum atomic E-state index is -0.876. The van der Waals surface area contributed by atoms with Gasteiger partial charge in [0.25, 0.3) is 0 Å². The molecule has 1 rings (SSSR count). The van der Waals surface area contributed by atoms with Crippen molar-refractivity contribution in [1.82, 2.24) is 0 Å². The van der Waals surface area contributed by atoms with Gasteiger partial charge in [-0.25, -0.2) is 4.79 Å². The summed E-state index contributed by atoms with van der Waals surface area (Å²) < 4.78 is 0.